The molecule has 1 aliphatic rings. The van der Waals surface area contributed by atoms with Gasteiger partial charge in [0, 0.05) is 70.6 Å². The number of hydrogen-bond donors (Lipinski definition) is 3. The summed E-state index contributed by atoms with van der Waals surface area (Å²) in [7, 11) is 0. The van der Waals surface area contributed by atoms with Crippen LogP contribution in [0.25, 0.3) is 32.7 Å². The van der Waals surface area contributed by atoms with Crippen LogP contribution in [-0.4, -0.2) is 58.0 Å². The summed E-state index contributed by atoms with van der Waals surface area (Å²) in [5.74, 6) is -1.29. The van der Waals surface area contributed by atoms with E-state index in [2.05, 4.69) is 15.0 Å². The number of carbonyl (C=O) groups excluding carboxylic acids is 3. The lowest BCUT2D eigenvalue weighted by molar-refractivity contribution is -0.230. The zero-order valence-electron chi connectivity index (χ0n) is 26.4. The van der Waals surface area contributed by atoms with Crippen LogP contribution in [0.5, 0.6) is 0 Å². The van der Waals surface area contributed by atoms with Crippen LogP contribution in [0.15, 0.2) is 91.4 Å². The molecule has 0 radical (unpaired) electrons. The molecule has 10 nitrogen and oxygen atoms in total. The van der Waals surface area contributed by atoms with Gasteiger partial charge in [0.05, 0.1) is 13.0 Å². The summed E-state index contributed by atoms with van der Waals surface area (Å²) >= 11 is 0. The van der Waals surface area contributed by atoms with Gasteiger partial charge in [-0.2, -0.15) is 0 Å². The average Bonchev–Trinajstić information content (AvgIpc) is 3.83. The van der Waals surface area contributed by atoms with Crippen LogP contribution < -0.4 is 0 Å². The van der Waals surface area contributed by atoms with Crippen molar-refractivity contribution in [2.45, 2.75) is 63.4 Å². The summed E-state index contributed by atoms with van der Waals surface area (Å²) in [6, 6.07) is 23.7. The maximum absolute atomic E-state index is 13.1. The highest BCUT2D eigenvalue weighted by Gasteiger charge is 2.38. The summed E-state index contributed by atoms with van der Waals surface area (Å²) in [5.41, 5.74) is 6.06. The Kier molecular flexibility index (Phi) is 9.24. The predicted molar refractivity (Wildman–Crippen MR) is 180 cm³/mol. The summed E-state index contributed by atoms with van der Waals surface area (Å²) in [5, 5.41) is 3.17. The van der Waals surface area contributed by atoms with Crippen molar-refractivity contribution >= 4 is 50.6 Å². The topological polar surface area (TPSA) is 136 Å². The number of aromatic amines is 3. The number of nitrogens with one attached hydrogen (secondary N) is 3. The molecule has 3 aromatic heterocycles. The Morgan fingerprint density at radius 1 is 0.562 bits per heavy atom. The molecule has 246 valence electrons. The third-order valence-electron chi connectivity index (χ3n) is 8.93. The monoisotopic (exact) mass is 647 g/mol. The summed E-state index contributed by atoms with van der Waals surface area (Å²) in [6.07, 6.45) is 5.05. The number of para-hydroxylation sites is 3. The van der Waals surface area contributed by atoms with E-state index in [0.29, 0.717) is 19.3 Å². The molecule has 1 fully saturated rings. The molecule has 6 aromatic rings. The molecular formula is C38H37N3O7. The first kappa shape index (κ1) is 31.3. The van der Waals surface area contributed by atoms with Gasteiger partial charge < -0.3 is 33.9 Å². The van der Waals surface area contributed by atoms with Crippen LogP contribution >= 0.6 is 0 Å². The van der Waals surface area contributed by atoms with Gasteiger partial charge in [0.2, 0.25) is 6.29 Å². The zero-order valence-corrected chi connectivity index (χ0v) is 26.4. The van der Waals surface area contributed by atoms with Gasteiger partial charge in [0.15, 0.2) is 6.10 Å². The van der Waals surface area contributed by atoms with Crippen LogP contribution in [0.2, 0.25) is 0 Å². The smallest absolute Gasteiger partial charge is 0.308 e. The van der Waals surface area contributed by atoms with Gasteiger partial charge in [-0.15, -0.1) is 0 Å². The summed E-state index contributed by atoms with van der Waals surface area (Å²) in [4.78, 5) is 48.7. The molecule has 3 N–H and O–H groups in total. The van der Waals surface area contributed by atoms with Crippen molar-refractivity contribution in [2.75, 3.05) is 6.61 Å². The number of carbonyl (C=O) groups is 3. The van der Waals surface area contributed by atoms with E-state index in [1.54, 1.807) is 0 Å². The number of hydrogen-bond acceptors (Lipinski definition) is 7. The van der Waals surface area contributed by atoms with E-state index in [1.165, 1.54) is 0 Å². The van der Waals surface area contributed by atoms with Crippen LogP contribution in [0.4, 0.5) is 0 Å². The Hall–Kier alpha value is -5.35. The molecule has 3 atom stereocenters. The normalized spacial score (nSPS) is 17.9. The highest BCUT2D eigenvalue weighted by Crippen LogP contribution is 2.26. The van der Waals surface area contributed by atoms with Crippen molar-refractivity contribution < 1.29 is 33.3 Å². The van der Waals surface area contributed by atoms with Crippen LogP contribution in [0, 0.1) is 0 Å². The first-order valence-electron chi connectivity index (χ1n) is 16.3. The minimum atomic E-state index is -0.937. The molecule has 0 amide bonds. The molecule has 48 heavy (non-hydrogen) atoms. The molecule has 7 rings (SSSR count). The second-order valence-electron chi connectivity index (χ2n) is 12.1. The van der Waals surface area contributed by atoms with Gasteiger partial charge in [-0.1, -0.05) is 54.6 Å². The van der Waals surface area contributed by atoms with Gasteiger partial charge in [0.25, 0.3) is 0 Å². The van der Waals surface area contributed by atoms with Crippen molar-refractivity contribution in [1.29, 1.82) is 0 Å². The van der Waals surface area contributed by atoms with E-state index in [4.69, 9.17) is 18.9 Å². The maximum atomic E-state index is 13.1. The Bertz CT molecular complexity index is 2060. The number of rotatable bonds is 12. The summed E-state index contributed by atoms with van der Waals surface area (Å²) in [6.45, 7) is -0.0698. The van der Waals surface area contributed by atoms with E-state index >= 15 is 0 Å². The number of aromatic nitrogens is 3. The first-order chi connectivity index (χ1) is 23.5. The van der Waals surface area contributed by atoms with Crippen LogP contribution in [0.1, 0.15) is 42.4 Å². The number of esters is 3. The van der Waals surface area contributed by atoms with Gasteiger partial charge in [0.1, 0.15) is 6.10 Å². The van der Waals surface area contributed by atoms with Crippen molar-refractivity contribution in [2.24, 2.45) is 0 Å². The highest BCUT2D eigenvalue weighted by atomic mass is 16.7. The van der Waals surface area contributed by atoms with Crippen molar-refractivity contribution in [3.8, 4) is 0 Å². The number of fused-ring (bicyclic) bond motifs is 3. The Morgan fingerprint density at radius 3 is 1.42 bits per heavy atom. The van der Waals surface area contributed by atoms with Gasteiger partial charge in [-0.25, -0.2) is 0 Å². The molecule has 0 saturated carbocycles. The maximum Gasteiger partial charge on any atom is 0.308 e. The lowest BCUT2D eigenvalue weighted by atomic mass is 10.1. The molecule has 1 saturated heterocycles. The van der Waals surface area contributed by atoms with Gasteiger partial charge in [-0.05, 0) is 54.2 Å². The molecule has 3 aromatic carbocycles. The Labute approximate surface area is 276 Å². The fourth-order valence-electron chi connectivity index (χ4n) is 6.42. The fraction of sp³-hybridized carbons (Fsp3) is 0.289. The third kappa shape index (κ3) is 7.13. The SMILES string of the molecule is O=C(CCc1c[nH]c2ccccc12)O[C@@H]1C[C@@H](OC(=O)CCc2c[nH]c3ccccc23)[C@@H](OC(=O)CCc2c[nH]c3ccccc23)CO1. The number of aryl methyl sites for hydroxylation is 3. The predicted octanol–water partition coefficient (Wildman–Crippen LogP) is 6.44. The molecule has 0 unspecified atom stereocenters. The lowest BCUT2D eigenvalue weighted by Crippen LogP contribution is -2.47. The van der Waals surface area contributed by atoms with E-state index in [0.717, 1.165) is 49.4 Å². The summed E-state index contributed by atoms with van der Waals surface area (Å²) < 4.78 is 23.2. The minimum Gasteiger partial charge on any atom is -0.458 e. The molecule has 4 heterocycles. The van der Waals surface area contributed by atoms with Crippen LogP contribution in [0.3, 0.4) is 0 Å². The van der Waals surface area contributed by atoms with E-state index in [9.17, 15) is 14.4 Å². The molecular weight excluding hydrogens is 610 g/mol. The molecule has 1 aliphatic heterocycles. The average molecular weight is 648 g/mol. The van der Waals surface area contributed by atoms with E-state index in [-0.39, 0.29) is 32.3 Å². The fourth-order valence-corrected chi connectivity index (χ4v) is 6.42. The largest absolute Gasteiger partial charge is 0.458 e. The van der Waals surface area contributed by atoms with Gasteiger partial charge in [-0.3, -0.25) is 14.4 Å². The van der Waals surface area contributed by atoms with E-state index in [1.807, 2.05) is 91.4 Å². The first-order valence-corrected chi connectivity index (χ1v) is 16.3. The van der Waals surface area contributed by atoms with Crippen molar-refractivity contribution in [1.82, 2.24) is 15.0 Å². The molecule has 0 aliphatic carbocycles. The quantitative estimate of drug-likeness (QED) is 0.103. The third-order valence-corrected chi connectivity index (χ3v) is 8.93. The van der Waals surface area contributed by atoms with Gasteiger partial charge >= 0.3 is 17.9 Å². The van der Waals surface area contributed by atoms with Crippen LogP contribution in [-0.2, 0) is 52.6 Å². The minimum absolute atomic E-state index is 0.0536. The van der Waals surface area contributed by atoms with Crippen molar-refractivity contribution in [3.63, 3.8) is 0 Å². The zero-order chi connectivity index (χ0) is 32.9. The second kappa shape index (κ2) is 14.2. The number of ether oxygens (including phenoxy) is 4. The molecule has 10 heteroatoms. The number of H-pyrrole nitrogens is 3. The standard InChI is InChI=1S/C38H37N3O7/c42-35(16-13-24-20-39-30-10-4-1-7-27(24)30)46-33-19-38(48-37(44)18-15-26-22-41-32-12-6-3-9-29(26)32)45-23-34(33)47-36(43)17-14-25-21-40-31-11-5-2-8-28(25)31/h1-12,20-22,33-34,38-41H,13-19,23H2/t33-,34+,38-/m1/s1. The molecule has 0 spiro atoms. The lowest BCUT2D eigenvalue weighted by Gasteiger charge is -2.34. The number of benzene rings is 3. The van der Waals surface area contributed by atoms with E-state index < -0.39 is 36.4 Å². The molecule has 0 bridgehead atoms. The second-order valence-corrected chi connectivity index (χ2v) is 12.1. The Balaban J connectivity index is 0.969. The highest BCUT2D eigenvalue weighted by molar-refractivity contribution is 5.85. The Morgan fingerprint density at radius 2 is 0.958 bits per heavy atom. The van der Waals surface area contributed by atoms with Crippen molar-refractivity contribution in [3.05, 3.63) is 108 Å².